The lowest BCUT2D eigenvalue weighted by Gasteiger charge is -2.31. The number of rotatable bonds is 4. The monoisotopic (exact) mass is 435 g/mol. The Kier molecular flexibility index (Phi) is 6.27. The standard InChI is InChI=1S/C23H25N5O2S/c1-15-8-6-12-19(16(15)2)25-23(30)28-13-7-9-17(14-28)21-26-27-22(31-21)20(29)24-18-10-4-3-5-11-18/h3-6,8,10-12,17H,7,9,13-14H2,1-2H3,(H,24,29)(H,25,30)/t17-/m0/s1. The minimum Gasteiger partial charge on any atom is -0.324 e. The van der Waals surface area contributed by atoms with Crippen LogP contribution in [0.15, 0.2) is 48.5 Å². The lowest BCUT2D eigenvalue weighted by atomic mass is 9.99. The largest absolute Gasteiger partial charge is 0.324 e. The first-order chi connectivity index (χ1) is 15.0. The molecule has 1 saturated heterocycles. The van der Waals surface area contributed by atoms with Crippen molar-refractivity contribution in [3.63, 3.8) is 0 Å². The number of aryl methyl sites for hydroxylation is 1. The number of carbonyl (C=O) groups excluding carboxylic acids is 2. The molecule has 1 aliphatic rings. The third-order valence-corrected chi connectivity index (χ3v) is 6.66. The third-order valence-electron chi connectivity index (χ3n) is 5.57. The summed E-state index contributed by atoms with van der Waals surface area (Å²) >= 11 is 1.30. The first-order valence-corrected chi connectivity index (χ1v) is 11.1. The van der Waals surface area contributed by atoms with Gasteiger partial charge in [-0.2, -0.15) is 0 Å². The predicted octanol–water partition coefficient (Wildman–Crippen LogP) is 4.82. The number of para-hydroxylation sites is 1. The molecule has 0 radical (unpaired) electrons. The van der Waals surface area contributed by atoms with Crippen molar-refractivity contribution in [3.8, 4) is 0 Å². The highest BCUT2D eigenvalue weighted by Crippen LogP contribution is 2.30. The zero-order valence-electron chi connectivity index (χ0n) is 17.6. The first-order valence-electron chi connectivity index (χ1n) is 10.3. The van der Waals surface area contributed by atoms with Crippen molar-refractivity contribution >= 4 is 34.6 Å². The Bertz CT molecular complexity index is 1080. The Morgan fingerprint density at radius 2 is 1.84 bits per heavy atom. The molecule has 2 aromatic carbocycles. The fourth-order valence-corrected chi connectivity index (χ4v) is 4.51. The van der Waals surface area contributed by atoms with E-state index in [1.165, 1.54) is 11.3 Å². The van der Waals surface area contributed by atoms with Crippen LogP contribution in [0, 0.1) is 13.8 Å². The van der Waals surface area contributed by atoms with E-state index in [-0.39, 0.29) is 17.9 Å². The van der Waals surface area contributed by atoms with E-state index < -0.39 is 0 Å². The Balaban J connectivity index is 1.40. The maximum atomic E-state index is 12.8. The van der Waals surface area contributed by atoms with Crippen LogP contribution in [0.25, 0.3) is 0 Å². The first kappa shape index (κ1) is 21.0. The summed E-state index contributed by atoms with van der Waals surface area (Å²) in [4.78, 5) is 27.1. The topological polar surface area (TPSA) is 87.2 Å². The number of nitrogens with one attached hydrogen (secondary N) is 2. The summed E-state index contributed by atoms with van der Waals surface area (Å²) in [5.41, 5.74) is 3.77. The normalized spacial score (nSPS) is 16.1. The minimum absolute atomic E-state index is 0.0777. The SMILES string of the molecule is Cc1cccc(NC(=O)N2CCC[C@H](c3nnc(C(=O)Nc4ccccc4)s3)C2)c1C. The molecule has 0 saturated carbocycles. The summed E-state index contributed by atoms with van der Waals surface area (Å²) in [6.45, 7) is 5.30. The number of anilines is 2. The van der Waals surface area contributed by atoms with Crippen molar-refractivity contribution in [1.29, 1.82) is 0 Å². The van der Waals surface area contributed by atoms with Gasteiger partial charge in [0.05, 0.1) is 0 Å². The smallest absolute Gasteiger partial charge is 0.321 e. The van der Waals surface area contributed by atoms with Crippen molar-refractivity contribution in [2.45, 2.75) is 32.6 Å². The van der Waals surface area contributed by atoms with Gasteiger partial charge in [0.15, 0.2) is 0 Å². The number of hydrogen-bond acceptors (Lipinski definition) is 5. The molecule has 31 heavy (non-hydrogen) atoms. The van der Waals surface area contributed by atoms with Gasteiger partial charge in [-0.25, -0.2) is 4.79 Å². The number of likely N-dealkylation sites (tertiary alicyclic amines) is 1. The van der Waals surface area contributed by atoms with Crippen LogP contribution in [-0.4, -0.2) is 40.1 Å². The quantitative estimate of drug-likeness (QED) is 0.615. The van der Waals surface area contributed by atoms with Crippen LogP contribution in [0.3, 0.4) is 0 Å². The average Bonchev–Trinajstić information content (AvgIpc) is 3.28. The van der Waals surface area contributed by atoms with E-state index in [0.29, 0.717) is 18.1 Å². The second kappa shape index (κ2) is 9.26. The van der Waals surface area contributed by atoms with Crippen LogP contribution in [0.1, 0.15) is 44.7 Å². The maximum absolute atomic E-state index is 12.8. The van der Waals surface area contributed by atoms with Crippen molar-refractivity contribution < 1.29 is 9.59 Å². The van der Waals surface area contributed by atoms with Gasteiger partial charge in [-0.15, -0.1) is 10.2 Å². The molecule has 0 spiro atoms. The summed E-state index contributed by atoms with van der Waals surface area (Å²) in [5, 5.41) is 15.3. The predicted molar refractivity (Wildman–Crippen MR) is 123 cm³/mol. The Labute approximate surface area is 185 Å². The number of nitrogens with zero attached hydrogens (tertiary/aromatic N) is 3. The van der Waals surface area contributed by atoms with Crippen LogP contribution in [0.5, 0.6) is 0 Å². The van der Waals surface area contributed by atoms with Gasteiger partial charge in [0.2, 0.25) is 5.01 Å². The Hall–Kier alpha value is -3.26. The number of hydrogen-bond donors (Lipinski definition) is 2. The van der Waals surface area contributed by atoms with Crippen LogP contribution in [0.4, 0.5) is 16.2 Å². The molecule has 160 valence electrons. The molecule has 4 rings (SSSR count). The van der Waals surface area contributed by atoms with Gasteiger partial charge >= 0.3 is 6.03 Å². The van der Waals surface area contributed by atoms with Gasteiger partial charge in [-0.05, 0) is 56.0 Å². The van der Waals surface area contributed by atoms with E-state index in [1.54, 1.807) is 0 Å². The van der Waals surface area contributed by atoms with E-state index in [9.17, 15) is 9.59 Å². The molecule has 0 aliphatic carbocycles. The van der Waals surface area contributed by atoms with Gasteiger partial charge in [0, 0.05) is 30.4 Å². The molecular formula is C23H25N5O2S. The number of piperidine rings is 1. The third kappa shape index (κ3) is 4.91. The molecular weight excluding hydrogens is 410 g/mol. The van der Waals surface area contributed by atoms with Crippen LogP contribution < -0.4 is 10.6 Å². The van der Waals surface area contributed by atoms with Gasteiger partial charge in [0.25, 0.3) is 5.91 Å². The molecule has 0 unspecified atom stereocenters. The molecule has 0 bridgehead atoms. The molecule has 8 heteroatoms. The summed E-state index contributed by atoms with van der Waals surface area (Å²) in [7, 11) is 0. The molecule has 1 atom stereocenters. The molecule has 7 nitrogen and oxygen atoms in total. The van der Waals surface area contributed by atoms with Crippen molar-refractivity contribution in [1.82, 2.24) is 15.1 Å². The van der Waals surface area contributed by atoms with Gasteiger partial charge in [-0.1, -0.05) is 41.7 Å². The lowest BCUT2D eigenvalue weighted by molar-refractivity contribution is 0.102. The zero-order valence-corrected chi connectivity index (χ0v) is 18.4. The molecule has 2 N–H and O–H groups in total. The molecule has 1 aliphatic heterocycles. The van der Waals surface area contributed by atoms with Crippen LogP contribution in [-0.2, 0) is 0 Å². The van der Waals surface area contributed by atoms with E-state index in [1.807, 2.05) is 67.3 Å². The highest BCUT2D eigenvalue weighted by Gasteiger charge is 2.28. The fourth-order valence-electron chi connectivity index (χ4n) is 3.64. The molecule has 1 aromatic heterocycles. The Morgan fingerprint density at radius 3 is 2.65 bits per heavy atom. The second-order valence-electron chi connectivity index (χ2n) is 7.73. The van der Waals surface area contributed by atoms with E-state index in [2.05, 4.69) is 20.8 Å². The maximum Gasteiger partial charge on any atom is 0.321 e. The Morgan fingerprint density at radius 1 is 1.03 bits per heavy atom. The molecule has 3 amide bonds. The molecule has 2 heterocycles. The van der Waals surface area contributed by atoms with E-state index >= 15 is 0 Å². The van der Waals surface area contributed by atoms with E-state index in [0.717, 1.165) is 40.4 Å². The van der Waals surface area contributed by atoms with Gasteiger partial charge in [0.1, 0.15) is 5.01 Å². The highest BCUT2D eigenvalue weighted by molar-refractivity contribution is 7.13. The number of amides is 3. The number of carbonyl (C=O) groups is 2. The van der Waals surface area contributed by atoms with Crippen molar-refractivity contribution in [2.24, 2.45) is 0 Å². The number of benzene rings is 2. The fraction of sp³-hybridized carbons (Fsp3) is 0.304. The highest BCUT2D eigenvalue weighted by atomic mass is 32.1. The minimum atomic E-state index is -0.268. The van der Waals surface area contributed by atoms with Gasteiger partial charge < -0.3 is 15.5 Å². The van der Waals surface area contributed by atoms with Crippen molar-refractivity contribution in [2.75, 3.05) is 23.7 Å². The van der Waals surface area contributed by atoms with Crippen molar-refractivity contribution in [3.05, 3.63) is 69.7 Å². The molecule has 1 fully saturated rings. The van der Waals surface area contributed by atoms with Crippen LogP contribution in [0.2, 0.25) is 0 Å². The average molecular weight is 436 g/mol. The summed E-state index contributed by atoms with van der Waals surface area (Å²) in [5.74, 6) is -0.191. The second-order valence-corrected chi connectivity index (χ2v) is 8.74. The lowest BCUT2D eigenvalue weighted by Crippen LogP contribution is -2.41. The number of urea groups is 1. The molecule has 3 aromatic rings. The van der Waals surface area contributed by atoms with Gasteiger partial charge in [-0.3, -0.25) is 4.79 Å². The summed E-state index contributed by atoms with van der Waals surface area (Å²) in [6.07, 6.45) is 1.80. The van der Waals surface area contributed by atoms with Crippen LogP contribution >= 0.6 is 11.3 Å². The van der Waals surface area contributed by atoms with E-state index in [4.69, 9.17) is 0 Å². The number of aromatic nitrogens is 2. The summed E-state index contributed by atoms with van der Waals surface area (Å²) < 4.78 is 0. The zero-order chi connectivity index (χ0) is 21.8. The summed E-state index contributed by atoms with van der Waals surface area (Å²) in [6, 6.07) is 15.1.